The second kappa shape index (κ2) is 7.40. The van der Waals surface area contributed by atoms with Gasteiger partial charge in [-0.05, 0) is 17.7 Å². The fourth-order valence-electron chi connectivity index (χ4n) is 2.19. The van der Waals surface area contributed by atoms with Crippen LogP contribution in [-0.4, -0.2) is 45.8 Å². The first-order chi connectivity index (χ1) is 10.2. The van der Waals surface area contributed by atoms with Gasteiger partial charge < -0.3 is 23.7 Å². The third-order valence-corrected chi connectivity index (χ3v) is 3.37. The third kappa shape index (κ3) is 3.93. The summed E-state index contributed by atoms with van der Waals surface area (Å²) in [6.45, 7) is 0.409. The number of carbonyl (C=O) groups is 1. The first-order valence-electron chi connectivity index (χ1n) is 6.68. The monoisotopic (exact) mass is 296 g/mol. The third-order valence-electron chi connectivity index (χ3n) is 3.37. The van der Waals surface area contributed by atoms with Crippen molar-refractivity contribution >= 4 is 5.97 Å². The minimum absolute atomic E-state index is 0.304. The zero-order valence-electron chi connectivity index (χ0n) is 12.4. The molecule has 1 aromatic rings. The molecule has 1 aromatic carbocycles. The Labute approximate surface area is 123 Å². The highest BCUT2D eigenvalue weighted by Gasteiger charge is 2.40. The predicted octanol–water partition coefficient (Wildman–Crippen LogP) is 1.51. The maximum absolute atomic E-state index is 11.5. The van der Waals surface area contributed by atoms with Crippen LogP contribution in [0.15, 0.2) is 24.3 Å². The van der Waals surface area contributed by atoms with Crippen LogP contribution in [0.2, 0.25) is 0 Å². The second-order valence-electron chi connectivity index (χ2n) is 4.69. The van der Waals surface area contributed by atoms with E-state index in [0.717, 1.165) is 11.3 Å². The SMILES string of the molecule is COC(=O)[C@H]1C[C@@H](OCc2ccc(OC)cc2)[C@H](OC)O1. The number of hydrogen-bond acceptors (Lipinski definition) is 6. The van der Waals surface area contributed by atoms with Gasteiger partial charge in [0.05, 0.1) is 20.8 Å². The number of carbonyl (C=O) groups excluding carboxylic acids is 1. The lowest BCUT2D eigenvalue weighted by Gasteiger charge is -2.17. The Balaban J connectivity index is 1.90. The Morgan fingerprint density at radius 1 is 1.24 bits per heavy atom. The van der Waals surface area contributed by atoms with Crippen molar-refractivity contribution in [2.24, 2.45) is 0 Å². The summed E-state index contributed by atoms with van der Waals surface area (Å²) >= 11 is 0. The molecule has 3 atom stereocenters. The molecular weight excluding hydrogens is 276 g/mol. The number of hydrogen-bond donors (Lipinski definition) is 0. The molecule has 0 saturated carbocycles. The lowest BCUT2D eigenvalue weighted by Crippen LogP contribution is -2.26. The van der Waals surface area contributed by atoms with Crippen molar-refractivity contribution in [3.63, 3.8) is 0 Å². The van der Waals surface area contributed by atoms with Gasteiger partial charge in [0.2, 0.25) is 0 Å². The van der Waals surface area contributed by atoms with Crippen LogP contribution in [0.1, 0.15) is 12.0 Å². The van der Waals surface area contributed by atoms with Crippen LogP contribution in [0, 0.1) is 0 Å². The highest BCUT2D eigenvalue weighted by Crippen LogP contribution is 2.25. The molecule has 0 N–H and O–H groups in total. The lowest BCUT2D eigenvalue weighted by atomic mass is 10.2. The first kappa shape index (κ1) is 15.8. The molecule has 0 bridgehead atoms. The molecule has 0 spiro atoms. The molecule has 1 aliphatic heterocycles. The molecule has 0 aromatic heterocycles. The Kier molecular flexibility index (Phi) is 5.55. The quantitative estimate of drug-likeness (QED) is 0.742. The molecule has 0 amide bonds. The summed E-state index contributed by atoms with van der Waals surface area (Å²) in [4.78, 5) is 11.5. The average Bonchev–Trinajstić information content (AvgIpc) is 2.96. The lowest BCUT2D eigenvalue weighted by molar-refractivity contribution is -0.179. The highest BCUT2D eigenvalue weighted by atomic mass is 16.7. The van der Waals surface area contributed by atoms with E-state index in [-0.39, 0.29) is 6.10 Å². The van der Waals surface area contributed by atoms with Gasteiger partial charge in [0.1, 0.15) is 11.9 Å². The van der Waals surface area contributed by atoms with Crippen molar-refractivity contribution < 1.29 is 28.5 Å². The van der Waals surface area contributed by atoms with Gasteiger partial charge in [0.15, 0.2) is 12.4 Å². The largest absolute Gasteiger partial charge is 0.497 e. The van der Waals surface area contributed by atoms with Crippen LogP contribution >= 0.6 is 0 Å². The number of esters is 1. The van der Waals surface area contributed by atoms with Crippen molar-refractivity contribution in [1.29, 1.82) is 0 Å². The first-order valence-corrected chi connectivity index (χ1v) is 6.68. The summed E-state index contributed by atoms with van der Waals surface area (Å²) in [5, 5.41) is 0. The van der Waals surface area contributed by atoms with E-state index in [1.807, 2.05) is 24.3 Å². The summed E-state index contributed by atoms with van der Waals surface area (Å²) in [5.74, 6) is 0.385. The van der Waals surface area contributed by atoms with E-state index in [0.29, 0.717) is 13.0 Å². The van der Waals surface area contributed by atoms with Crippen LogP contribution in [-0.2, 0) is 30.3 Å². The molecule has 21 heavy (non-hydrogen) atoms. The molecule has 6 heteroatoms. The van der Waals surface area contributed by atoms with E-state index >= 15 is 0 Å². The Bertz CT molecular complexity index is 458. The molecule has 1 heterocycles. The zero-order valence-corrected chi connectivity index (χ0v) is 12.4. The molecule has 1 fully saturated rings. The van der Waals surface area contributed by atoms with Crippen molar-refractivity contribution in [2.75, 3.05) is 21.3 Å². The molecule has 2 rings (SSSR count). The molecule has 0 unspecified atom stereocenters. The van der Waals surface area contributed by atoms with Gasteiger partial charge in [-0.3, -0.25) is 0 Å². The van der Waals surface area contributed by atoms with E-state index in [9.17, 15) is 4.79 Å². The van der Waals surface area contributed by atoms with Gasteiger partial charge in [-0.2, -0.15) is 0 Å². The summed E-state index contributed by atoms with van der Waals surface area (Å²) in [5.41, 5.74) is 1.01. The number of benzene rings is 1. The number of rotatable bonds is 6. The maximum Gasteiger partial charge on any atom is 0.335 e. The average molecular weight is 296 g/mol. The number of methoxy groups -OCH3 is 3. The van der Waals surface area contributed by atoms with Gasteiger partial charge >= 0.3 is 5.97 Å². The normalized spacial score (nSPS) is 24.8. The number of ether oxygens (including phenoxy) is 5. The Morgan fingerprint density at radius 3 is 2.52 bits per heavy atom. The van der Waals surface area contributed by atoms with Gasteiger partial charge in [0, 0.05) is 13.5 Å². The van der Waals surface area contributed by atoms with Gasteiger partial charge in [-0.15, -0.1) is 0 Å². The van der Waals surface area contributed by atoms with E-state index in [2.05, 4.69) is 4.74 Å². The van der Waals surface area contributed by atoms with Crippen LogP contribution in [0.25, 0.3) is 0 Å². The van der Waals surface area contributed by atoms with E-state index < -0.39 is 18.4 Å². The van der Waals surface area contributed by atoms with E-state index in [1.54, 1.807) is 7.11 Å². The summed E-state index contributed by atoms with van der Waals surface area (Å²) in [6.07, 6.45) is -1.09. The summed E-state index contributed by atoms with van der Waals surface area (Å²) < 4.78 is 26.2. The fraction of sp³-hybridized carbons (Fsp3) is 0.533. The fourth-order valence-corrected chi connectivity index (χ4v) is 2.19. The van der Waals surface area contributed by atoms with Crippen molar-refractivity contribution in [3.05, 3.63) is 29.8 Å². The zero-order chi connectivity index (χ0) is 15.2. The van der Waals surface area contributed by atoms with Crippen molar-refractivity contribution in [3.8, 4) is 5.75 Å². The highest BCUT2D eigenvalue weighted by molar-refractivity contribution is 5.74. The Hall–Kier alpha value is -1.63. The maximum atomic E-state index is 11.5. The van der Waals surface area contributed by atoms with Gasteiger partial charge in [0.25, 0.3) is 0 Å². The van der Waals surface area contributed by atoms with Gasteiger partial charge in [-0.25, -0.2) is 4.79 Å². The van der Waals surface area contributed by atoms with Crippen LogP contribution in [0.5, 0.6) is 5.75 Å². The molecule has 0 radical (unpaired) electrons. The smallest absolute Gasteiger partial charge is 0.335 e. The second-order valence-corrected chi connectivity index (χ2v) is 4.69. The van der Waals surface area contributed by atoms with E-state index in [1.165, 1.54) is 14.2 Å². The molecule has 0 aliphatic carbocycles. The topological polar surface area (TPSA) is 63.2 Å². The minimum atomic E-state index is -0.638. The Morgan fingerprint density at radius 2 is 1.95 bits per heavy atom. The van der Waals surface area contributed by atoms with Crippen LogP contribution in [0.4, 0.5) is 0 Å². The summed E-state index contributed by atoms with van der Waals surface area (Å²) in [6, 6.07) is 7.59. The van der Waals surface area contributed by atoms with Crippen molar-refractivity contribution in [1.82, 2.24) is 0 Å². The predicted molar refractivity (Wildman–Crippen MR) is 73.9 cm³/mol. The molecule has 1 aliphatic rings. The molecule has 1 saturated heterocycles. The van der Waals surface area contributed by atoms with Crippen LogP contribution < -0.4 is 4.74 Å². The van der Waals surface area contributed by atoms with Crippen molar-refractivity contribution in [2.45, 2.75) is 31.5 Å². The molecule has 6 nitrogen and oxygen atoms in total. The molecular formula is C15H20O6. The standard InChI is InChI=1S/C15H20O6/c1-17-11-6-4-10(5-7-11)9-20-13-8-12(14(16)18-2)21-15(13)19-3/h4-7,12-13,15H,8-9H2,1-3H3/t12-,13-,15-/m1/s1. The minimum Gasteiger partial charge on any atom is -0.497 e. The van der Waals surface area contributed by atoms with E-state index in [4.69, 9.17) is 18.9 Å². The van der Waals surface area contributed by atoms with Gasteiger partial charge in [-0.1, -0.05) is 12.1 Å². The molecule has 116 valence electrons. The van der Waals surface area contributed by atoms with Crippen LogP contribution in [0.3, 0.4) is 0 Å². The summed E-state index contributed by atoms with van der Waals surface area (Å²) in [7, 11) is 4.48.